The highest BCUT2D eigenvalue weighted by Gasteiger charge is 2.13. The average Bonchev–Trinajstić information content (AvgIpc) is 2.38. The Kier molecular flexibility index (Phi) is 6.92. The third-order valence-corrected chi connectivity index (χ3v) is 3.76. The molecular formula is C15H22BrNO2. The lowest BCUT2D eigenvalue weighted by atomic mass is 10.0. The first-order valence-corrected chi connectivity index (χ1v) is 7.59. The summed E-state index contributed by atoms with van der Waals surface area (Å²) in [5.74, 6) is 0.145. The van der Waals surface area contributed by atoms with E-state index in [1.807, 2.05) is 19.1 Å². The molecule has 1 aromatic rings. The molecule has 0 spiro atoms. The molecular weight excluding hydrogens is 306 g/mol. The maximum absolute atomic E-state index is 10.0. The Morgan fingerprint density at radius 3 is 2.53 bits per heavy atom. The molecule has 0 aliphatic carbocycles. The van der Waals surface area contributed by atoms with Crippen molar-refractivity contribution in [2.75, 3.05) is 0 Å². The second-order valence-corrected chi connectivity index (χ2v) is 5.71. The topological polar surface area (TPSA) is 52.8 Å². The van der Waals surface area contributed by atoms with Crippen LogP contribution in [0.5, 0.6) is 5.75 Å². The summed E-state index contributed by atoms with van der Waals surface area (Å²) in [5, 5.41) is 22.5. The molecule has 1 rings (SSSR count). The summed E-state index contributed by atoms with van der Waals surface area (Å²) in [6.07, 6.45) is 6.45. The Hall–Kier alpha value is -1.03. The molecule has 19 heavy (non-hydrogen) atoms. The molecule has 0 radical (unpaired) electrons. The van der Waals surface area contributed by atoms with Crippen molar-refractivity contribution in [3.05, 3.63) is 27.7 Å². The second kappa shape index (κ2) is 8.20. The van der Waals surface area contributed by atoms with Gasteiger partial charge >= 0.3 is 0 Å². The normalized spacial score (nSPS) is 11.8. The van der Waals surface area contributed by atoms with Crippen molar-refractivity contribution in [2.24, 2.45) is 5.16 Å². The van der Waals surface area contributed by atoms with Crippen molar-refractivity contribution in [1.29, 1.82) is 0 Å². The molecule has 1 aromatic carbocycles. The van der Waals surface area contributed by atoms with Crippen LogP contribution in [0.3, 0.4) is 0 Å². The monoisotopic (exact) mass is 327 g/mol. The van der Waals surface area contributed by atoms with Gasteiger partial charge in [0, 0.05) is 5.56 Å². The molecule has 0 fully saturated rings. The van der Waals surface area contributed by atoms with Crippen LogP contribution in [0.2, 0.25) is 0 Å². The third kappa shape index (κ3) is 4.86. The van der Waals surface area contributed by atoms with Gasteiger partial charge in [0.1, 0.15) is 5.75 Å². The van der Waals surface area contributed by atoms with Crippen LogP contribution < -0.4 is 0 Å². The molecule has 0 saturated carbocycles. The second-order valence-electron chi connectivity index (χ2n) is 4.85. The number of unbranched alkanes of at least 4 members (excludes halogenated alkanes) is 4. The van der Waals surface area contributed by atoms with Crippen LogP contribution in [0, 0.1) is 6.92 Å². The number of nitrogens with zero attached hydrogens (tertiary/aromatic N) is 1. The summed E-state index contributed by atoms with van der Waals surface area (Å²) in [6, 6.07) is 3.69. The molecule has 0 atom stereocenters. The van der Waals surface area contributed by atoms with E-state index in [2.05, 4.69) is 28.0 Å². The van der Waals surface area contributed by atoms with Crippen LogP contribution in [-0.2, 0) is 0 Å². The van der Waals surface area contributed by atoms with Crippen LogP contribution in [0.15, 0.2) is 21.8 Å². The summed E-state index contributed by atoms with van der Waals surface area (Å²) < 4.78 is 0.634. The summed E-state index contributed by atoms with van der Waals surface area (Å²) in [5.41, 5.74) is 2.19. The summed E-state index contributed by atoms with van der Waals surface area (Å²) in [6.45, 7) is 4.13. The van der Waals surface area contributed by atoms with Gasteiger partial charge in [-0.15, -0.1) is 0 Å². The Balaban J connectivity index is 2.70. The van der Waals surface area contributed by atoms with Gasteiger partial charge in [0.25, 0.3) is 0 Å². The van der Waals surface area contributed by atoms with Crippen molar-refractivity contribution in [3.8, 4) is 5.75 Å². The van der Waals surface area contributed by atoms with Crippen molar-refractivity contribution < 1.29 is 10.3 Å². The number of aromatic hydroxyl groups is 1. The molecule has 0 unspecified atom stereocenters. The number of aryl methyl sites for hydroxylation is 1. The lowest BCUT2D eigenvalue weighted by molar-refractivity contribution is 0.317. The molecule has 3 nitrogen and oxygen atoms in total. The number of oxime groups is 1. The van der Waals surface area contributed by atoms with Gasteiger partial charge in [-0.1, -0.05) is 37.8 Å². The van der Waals surface area contributed by atoms with E-state index in [1.54, 1.807) is 0 Å². The number of halogens is 1. The van der Waals surface area contributed by atoms with Crippen molar-refractivity contribution >= 4 is 21.6 Å². The first-order valence-electron chi connectivity index (χ1n) is 6.80. The Bertz CT molecular complexity index is 444. The molecule has 0 saturated heterocycles. The Morgan fingerprint density at radius 2 is 1.89 bits per heavy atom. The molecule has 0 bridgehead atoms. The van der Waals surface area contributed by atoms with Crippen LogP contribution in [0.1, 0.15) is 56.6 Å². The number of phenolic OH excluding ortho intramolecular Hbond substituents is 1. The van der Waals surface area contributed by atoms with Crippen molar-refractivity contribution in [2.45, 2.75) is 52.4 Å². The summed E-state index contributed by atoms with van der Waals surface area (Å²) in [7, 11) is 0. The number of rotatable bonds is 7. The fourth-order valence-electron chi connectivity index (χ4n) is 2.09. The minimum Gasteiger partial charge on any atom is -0.506 e. The fourth-order valence-corrected chi connectivity index (χ4v) is 2.66. The number of hydrogen-bond acceptors (Lipinski definition) is 3. The van der Waals surface area contributed by atoms with Crippen LogP contribution in [-0.4, -0.2) is 16.0 Å². The number of phenols is 1. The van der Waals surface area contributed by atoms with Crippen LogP contribution >= 0.6 is 15.9 Å². The Morgan fingerprint density at radius 1 is 1.21 bits per heavy atom. The maximum Gasteiger partial charge on any atom is 0.138 e. The molecule has 106 valence electrons. The zero-order valence-electron chi connectivity index (χ0n) is 11.6. The first kappa shape index (κ1) is 16.0. The molecule has 4 heteroatoms. The quantitative estimate of drug-likeness (QED) is 0.320. The van der Waals surface area contributed by atoms with Gasteiger partial charge in [-0.3, -0.25) is 0 Å². The molecule has 0 heterocycles. The molecule has 0 amide bonds. The predicted molar refractivity (Wildman–Crippen MR) is 82.2 cm³/mol. The van der Waals surface area contributed by atoms with Crippen LogP contribution in [0.25, 0.3) is 0 Å². The van der Waals surface area contributed by atoms with Gasteiger partial charge in [-0.05, 0) is 53.4 Å². The molecule has 2 N–H and O–H groups in total. The lowest BCUT2D eigenvalue weighted by Gasteiger charge is -2.10. The van der Waals surface area contributed by atoms with Gasteiger partial charge in [0.15, 0.2) is 0 Å². The fraction of sp³-hybridized carbons (Fsp3) is 0.533. The zero-order chi connectivity index (χ0) is 14.3. The van der Waals surface area contributed by atoms with E-state index in [4.69, 9.17) is 5.21 Å². The highest BCUT2D eigenvalue weighted by Crippen LogP contribution is 2.30. The third-order valence-electron chi connectivity index (χ3n) is 3.16. The van der Waals surface area contributed by atoms with Crippen LogP contribution in [0.4, 0.5) is 0 Å². The van der Waals surface area contributed by atoms with E-state index in [9.17, 15) is 5.11 Å². The average molecular weight is 328 g/mol. The number of hydrogen-bond donors (Lipinski definition) is 2. The highest BCUT2D eigenvalue weighted by molar-refractivity contribution is 9.10. The van der Waals surface area contributed by atoms with E-state index in [0.717, 1.165) is 18.4 Å². The van der Waals surface area contributed by atoms with Gasteiger partial charge in [-0.2, -0.15) is 0 Å². The van der Waals surface area contributed by atoms with E-state index < -0.39 is 0 Å². The van der Waals surface area contributed by atoms with Gasteiger partial charge in [0.05, 0.1) is 10.2 Å². The lowest BCUT2D eigenvalue weighted by Crippen LogP contribution is -2.03. The van der Waals surface area contributed by atoms with Gasteiger partial charge in [-0.25, -0.2) is 0 Å². The SMILES string of the molecule is CCCCCCC/C(=N\O)c1cc(C)cc(Br)c1O. The zero-order valence-corrected chi connectivity index (χ0v) is 13.2. The van der Waals surface area contributed by atoms with Gasteiger partial charge in [0.2, 0.25) is 0 Å². The molecule has 0 aliphatic heterocycles. The van der Waals surface area contributed by atoms with Gasteiger partial charge < -0.3 is 10.3 Å². The van der Waals surface area contributed by atoms with E-state index in [-0.39, 0.29) is 5.75 Å². The largest absolute Gasteiger partial charge is 0.506 e. The van der Waals surface area contributed by atoms with Crippen molar-refractivity contribution in [3.63, 3.8) is 0 Å². The predicted octanol–water partition coefficient (Wildman–Crippen LogP) is 5.00. The molecule has 0 aliphatic rings. The van der Waals surface area contributed by atoms with E-state index >= 15 is 0 Å². The van der Waals surface area contributed by atoms with E-state index in [0.29, 0.717) is 22.2 Å². The minimum absolute atomic E-state index is 0.145. The smallest absolute Gasteiger partial charge is 0.138 e. The van der Waals surface area contributed by atoms with Crippen molar-refractivity contribution in [1.82, 2.24) is 0 Å². The maximum atomic E-state index is 10.0. The Labute approximate surface area is 123 Å². The molecule has 0 aromatic heterocycles. The summed E-state index contributed by atoms with van der Waals surface area (Å²) in [4.78, 5) is 0. The highest BCUT2D eigenvalue weighted by atomic mass is 79.9. The first-order chi connectivity index (χ1) is 9.10. The van der Waals surface area contributed by atoms with E-state index in [1.165, 1.54) is 19.3 Å². The minimum atomic E-state index is 0.145. The standard InChI is InChI=1S/C15H22BrNO2/c1-3-4-5-6-7-8-14(17-19)12-9-11(2)10-13(16)15(12)18/h9-10,18-19H,3-8H2,1-2H3/b17-14+. The summed E-state index contributed by atoms with van der Waals surface area (Å²) >= 11 is 3.31. The number of benzene rings is 1.